The zero-order valence-electron chi connectivity index (χ0n) is 13.1. The smallest absolute Gasteiger partial charge is 0.229 e. The summed E-state index contributed by atoms with van der Waals surface area (Å²) in [6, 6.07) is 12.2. The van der Waals surface area contributed by atoms with Crippen molar-refractivity contribution in [2.75, 3.05) is 17.7 Å². The van der Waals surface area contributed by atoms with E-state index >= 15 is 0 Å². The molecule has 5 nitrogen and oxygen atoms in total. The second kappa shape index (κ2) is 7.78. The van der Waals surface area contributed by atoms with Crippen LogP contribution < -0.4 is 15.4 Å². The predicted octanol–water partition coefficient (Wildman–Crippen LogP) is 5.93. The van der Waals surface area contributed by atoms with Gasteiger partial charge in [-0.3, -0.25) is 0 Å². The molecular formula is C17H13Cl3N4O. The number of anilines is 4. The number of nitrogens with one attached hydrogen (secondary N) is 2. The van der Waals surface area contributed by atoms with Crippen molar-refractivity contribution in [2.45, 2.75) is 0 Å². The number of aromatic nitrogens is 2. The Balaban J connectivity index is 1.82. The van der Waals surface area contributed by atoms with Crippen molar-refractivity contribution in [3.63, 3.8) is 0 Å². The number of ether oxygens (including phenoxy) is 1. The van der Waals surface area contributed by atoms with Crippen LogP contribution in [0.3, 0.4) is 0 Å². The van der Waals surface area contributed by atoms with Crippen LogP contribution in [0, 0.1) is 0 Å². The second-order valence-electron chi connectivity index (χ2n) is 4.99. The lowest BCUT2D eigenvalue weighted by atomic mass is 10.3. The summed E-state index contributed by atoms with van der Waals surface area (Å²) in [6.07, 6.45) is 1.63. The maximum absolute atomic E-state index is 6.03. The largest absolute Gasteiger partial charge is 0.495 e. The molecule has 0 saturated heterocycles. The van der Waals surface area contributed by atoms with E-state index in [9.17, 15) is 0 Å². The first-order chi connectivity index (χ1) is 12.0. The van der Waals surface area contributed by atoms with Crippen LogP contribution in [0.15, 0.2) is 48.7 Å². The lowest BCUT2D eigenvalue weighted by Crippen LogP contribution is -2.01. The van der Waals surface area contributed by atoms with E-state index in [-0.39, 0.29) is 0 Å². The lowest BCUT2D eigenvalue weighted by molar-refractivity contribution is 0.417. The summed E-state index contributed by atoms with van der Waals surface area (Å²) in [4.78, 5) is 8.62. The van der Waals surface area contributed by atoms with Gasteiger partial charge in [0.25, 0.3) is 0 Å². The highest BCUT2D eigenvalue weighted by molar-refractivity contribution is 6.42. The quantitative estimate of drug-likeness (QED) is 0.560. The van der Waals surface area contributed by atoms with Gasteiger partial charge in [0.1, 0.15) is 11.6 Å². The summed E-state index contributed by atoms with van der Waals surface area (Å²) in [5.74, 6) is 1.62. The highest BCUT2D eigenvalue weighted by atomic mass is 35.5. The average Bonchev–Trinajstić information content (AvgIpc) is 2.59. The van der Waals surface area contributed by atoms with Gasteiger partial charge >= 0.3 is 0 Å². The molecule has 8 heteroatoms. The molecule has 0 radical (unpaired) electrons. The summed E-state index contributed by atoms with van der Waals surface area (Å²) >= 11 is 18.0. The molecule has 0 fully saturated rings. The van der Waals surface area contributed by atoms with E-state index in [0.717, 1.165) is 5.69 Å². The molecule has 0 spiro atoms. The number of nitrogens with zero attached hydrogens (tertiary/aromatic N) is 2. The van der Waals surface area contributed by atoms with Gasteiger partial charge in [-0.25, -0.2) is 4.98 Å². The van der Waals surface area contributed by atoms with Gasteiger partial charge in [-0.15, -0.1) is 0 Å². The Morgan fingerprint density at radius 1 is 0.920 bits per heavy atom. The second-order valence-corrected chi connectivity index (χ2v) is 6.24. The maximum atomic E-state index is 6.03. The molecule has 3 rings (SSSR count). The van der Waals surface area contributed by atoms with Gasteiger partial charge in [0.15, 0.2) is 0 Å². The third kappa shape index (κ3) is 4.45. The van der Waals surface area contributed by atoms with Crippen LogP contribution in [-0.2, 0) is 0 Å². The predicted molar refractivity (Wildman–Crippen MR) is 103 cm³/mol. The van der Waals surface area contributed by atoms with Crippen LogP contribution >= 0.6 is 34.8 Å². The SMILES string of the molecule is COc1ccc(Cl)cc1Nc1nccc(Nc2ccc(Cl)c(Cl)c2)n1. The molecule has 2 N–H and O–H groups in total. The maximum Gasteiger partial charge on any atom is 0.229 e. The highest BCUT2D eigenvalue weighted by Gasteiger charge is 2.07. The van der Waals surface area contributed by atoms with E-state index in [1.165, 1.54) is 0 Å². The molecule has 3 aromatic rings. The third-order valence-electron chi connectivity index (χ3n) is 3.26. The van der Waals surface area contributed by atoms with Gasteiger partial charge in [0.2, 0.25) is 5.95 Å². The minimum absolute atomic E-state index is 0.394. The van der Waals surface area contributed by atoms with Crippen molar-refractivity contribution in [1.82, 2.24) is 9.97 Å². The van der Waals surface area contributed by atoms with Crippen LogP contribution in [0.5, 0.6) is 5.75 Å². The summed E-state index contributed by atoms with van der Waals surface area (Å²) < 4.78 is 5.30. The monoisotopic (exact) mass is 394 g/mol. The fourth-order valence-electron chi connectivity index (χ4n) is 2.11. The van der Waals surface area contributed by atoms with Gasteiger partial charge in [-0.2, -0.15) is 4.98 Å². The zero-order chi connectivity index (χ0) is 17.8. The van der Waals surface area contributed by atoms with Gasteiger partial charge in [-0.05, 0) is 42.5 Å². The molecule has 0 bridgehead atoms. The van der Waals surface area contributed by atoms with E-state index in [1.807, 2.05) is 6.07 Å². The molecule has 0 unspecified atom stereocenters. The fourth-order valence-corrected chi connectivity index (χ4v) is 2.58. The number of halogens is 3. The molecule has 0 amide bonds. The number of methoxy groups -OCH3 is 1. The fraction of sp³-hybridized carbons (Fsp3) is 0.0588. The first-order valence-corrected chi connectivity index (χ1v) is 8.34. The highest BCUT2D eigenvalue weighted by Crippen LogP contribution is 2.30. The van der Waals surface area contributed by atoms with Crippen molar-refractivity contribution in [1.29, 1.82) is 0 Å². The molecule has 0 aliphatic rings. The minimum Gasteiger partial charge on any atom is -0.495 e. The molecule has 1 aromatic heterocycles. The van der Waals surface area contributed by atoms with Gasteiger partial charge < -0.3 is 15.4 Å². The summed E-state index contributed by atoms with van der Waals surface area (Å²) in [7, 11) is 1.58. The zero-order valence-corrected chi connectivity index (χ0v) is 15.3. The molecular weight excluding hydrogens is 383 g/mol. The van der Waals surface area contributed by atoms with E-state index in [4.69, 9.17) is 39.5 Å². The van der Waals surface area contributed by atoms with Crippen LogP contribution in [0.4, 0.5) is 23.1 Å². The minimum atomic E-state index is 0.394. The van der Waals surface area contributed by atoms with Crippen LogP contribution in [0.25, 0.3) is 0 Å². The molecule has 1 heterocycles. The number of benzene rings is 2. The van der Waals surface area contributed by atoms with Crippen LogP contribution in [0.1, 0.15) is 0 Å². The van der Waals surface area contributed by atoms with E-state index in [1.54, 1.807) is 49.7 Å². The first-order valence-electron chi connectivity index (χ1n) is 7.21. The molecule has 0 aliphatic heterocycles. The topological polar surface area (TPSA) is 59.1 Å². The summed E-state index contributed by atoms with van der Waals surface area (Å²) in [6.45, 7) is 0. The Hall–Kier alpha value is -2.21. The van der Waals surface area contributed by atoms with E-state index < -0.39 is 0 Å². The van der Waals surface area contributed by atoms with Crippen molar-refractivity contribution in [3.8, 4) is 5.75 Å². The number of hydrogen-bond donors (Lipinski definition) is 2. The molecule has 0 aliphatic carbocycles. The molecule has 25 heavy (non-hydrogen) atoms. The Morgan fingerprint density at radius 2 is 1.76 bits per heavy atom. The summed E-state index contributed by atoms with van der Waals surface area (Å²) in [5.41, 5.74) is 1.43. The Kier molecular flexibility index (Phi) is 5.48. The third-order valence-corrected chi connectivity index (χ3v) is 4.23. The first kappa shape index (κ1) is 17.6. The van der Waals surface area contributed by atoms with Crippen molar-refractivity contribution in [3.05, 3.63) is 63.7 Å². The van der Waals surface area contributed by atoms with Gasteiger partial charge in [0, 0.05) is 16.9 Å². The average molecular weight is 396 g/mol. The van der Waals surface area contributed by atoms with Crippen molar-refractivity contribution < 1.29 is 4.74 Å². The Bertz CT molecular complexity index is 905. The summed E-state index contributed by atoms with van der Waals surface area (Å²) in [5, 5.41) is 7.77. The standard InChI is InChI=1S/C17H13Cl3N4O/c1-25-15-5-2-10(18)8-14(15)23-17-21-7-6-16(24-17)22-11-3-4-12(19)13(20)9-11/h2-9H,1H3,(H2,21,22,23,24). The van der Waals surface area contributed by atoms with Crippen molar-refractivity contribution in [2.24, 2.45) is 0 Å². The molecule has 0 atom stereocenters. The van der Waals surface area contributed by atoms with Gasteiger partial charge in [0.05, 0.1) is 22.8 Å². The Labute approximate surface area is 159 Å². The Morgan fingerprint density at radius 3 is 2.52 bits per heavy atom. The molecule has 0 saturated carbocycles. The normalized spacial score (nSPS) is 10.4. The van der Waals surface area contributed by atoms with Gasteiger partial charge in [-0.1, -0.05) is 34.8 Å². The number of rotatable bonds is 5. The molecule has 2 aromatic carbocycles. The van der Waals surface area contributed by atoms with Crippen LogP contribution in [0.2, 0.25) is 15.1 Å². The van der Waals surface area contributed by atoms with E-state index in [2.05, 4.69) is 20.6 Å². The molecule has 128 valence electrons. The number of hydrogen-bond acceptors (Lipinski definition) is 5. The lowest BCUT2D eigenvalue weighted by Gasteiger charge is -2.12. The van der Waals surface area contributed by atoms with Crippen LogP contribution in [-0.4, -0.2) is 17.1 Å². The van der Waals surface area contributed by atoms with E-state index in [0.29, 0.717) is 38.3 Å². The van der Waals surface area contributed by atoms with Crippen molar-refractivity contribution >= 4 is 57.9 Å².